The number of aromatic nitrogens is 2. The van der Waals surface area contributed by atoms with E-state index in [2.05, 4.69) is 4.72 Å². The molecule has 9 heteroatoms. The van der Waals surface area contributed by atoms with Crippen LogP contribution in [-0.2, 0) is 10.0 Å². The van der Waals surface area contributed by atoms with Crippen LogP contribution >= 0.6 is 11.6 Å². The molecule has 0 bridgehead atoms. The second-order valence-corrected chi connectivity index (χ2v) is 10.4. The number of amides is 1. The molecule has 1 aromatic heterocycles. The van der Waals surface area contributed by atoms with Gasteiger partial charge in [-0.1, -0.05) is 103 Å². The Morgan fingerprint density at radius 1 is 0.757 bits per heavy atom. The van der Waals surface area contributed by atoms with E-state index in [1.54, 1.807) is 4.68 Å². The van der Waals surface area contributed by atoms with Crippen molar-refractivity contribution >= 4 is 27.7 Å². The van der Waals surface area contributed by atoms with Crippen LogP contribution in [0.3, 0.4) is 0 Å². The zero-order valence-corrected chi connectivity index (χ0v) is 21.0. The minimum Gasteiger partial charge on any atom is -0.492 e. The van der Waals surface area contributed by atoms with Gasteiger partial charge in [-0.3, -0.25) is 4.68 Å². The van der Waals surface area contributed by atoms with Crippen molar-refractivity contribution in [1.29, 1.82) is 0 Å². The molecular formula is C28H22ClN3O4S. The van der Waals surface area contributed by atoms with Gasteiger partial charge in [-0.15, -0.1) is 0 Å². The number of nitrogens with one attached hydrogen (secondary N) is 1. The van der Waals surface area contributed by atoms with Crippen molar-refractivity contribution in [1.82, 2.24) is 14.1 Å². The highest BCUT2D eigenvalue weighted by atomic mass is 35.5. The van der Waals surface area contributed by atoms with Gasteiger partial charge in [0.05, 0.1) is 4.90 Å². The summed E-state index contributed by atoms with van der Waals surface area (Å²) < 4.78 is 30.5. The minimum absolute atomic E-state index is 0.133. The molecule has 1 amide bonds. The number of benzene rings is 4. The highest BCUT2D eigenvalue weighted by molar-refractivity contribution is 7.90. The van der Waals surface area contributed by atoms with Crippen LogP contribution < -0.4 is 4.72 Å². The zero-order chi connectivity index (χ0) is 26.0. The second kappa shape index (κ2) is 10.0. The second-order valence-electron chi connectivity index (χ2n) is 8.28. The summed E-state index contributed by atoms with van der Waals surface area (Å²) in [4.78, 5) is 13.3. The van der Waals surface area contributed by atoms with Crippen molar-refractivity contribution < 1.29 is 18.3 Å². The summed E-state index contributed by atoms with van der Waals surface area (Å²) in [6, 6.07) is 31.9. The molecule has 1 heterocycles. The Labute approximate surface area is 219 Å². The van der Waals surface area contributed by atoms with Crippen molar-refractivity contribution in [3.05, 3.63) is 131 Å². The van der Waals surface area contributed by atoms with Crippen LogP contribution in [-0.4, -0.2) is 28.9 Å². The standard InChI is InChI=1S/C28H22ClN3O4S/c29-23-16-18-24(19-17-23)37(35,36)30-28(34)32-27(33)26(22-14-8-3-9-15-22)31(32)25(20-10-4-1-5-11-20)21-12-6-2-7-13-21/h1-19,25,33H,(H,30,34). The summed E-state index contributed by atoms with van der Waals surface area (Å²) in [5.74, 6) is -0.369. The highest BCUT2D eigenvalue weighted by Gasteiger charge is 2.34. The van der Waals surface area contributed by atoms with Crippen molar-refractivity contribution in [3.63, 3.8) is 0 Å². The first-order valence-corrected chi connectivity index (χ1v) is 13.2. The van der Waals surface area contributed by atoms with Crippen LogP contribution in [0.4, 0.5) is 4.79 Å². The van der Waals surface area contributed by atoms with Gasteiger partial charge in [0.15, 0.2) is 0 Å². The number of rotatable bonds is 6. The molecule has 0 aliphatic heterocycles. The van der Waals surface area contributed by atoms with Gasteiger partial charge in [-0.05, 0) is 35.4 Å². The number of halogens is 1. The molecule has 0 saturated heterocycles. The van der Waals surface area contributed by atoms with Crippen LogP contribution in [0.1, 0.15) is 17.2 Å². The molecule has 0 saturated carbocycles. The Hall–Kier alpha value is -4.27. The predicted molar refractivity (Wildman–Crippen MR) is 142 cm³/mol. The highest BCUT2D eigenvalue weighted by Crippen LogP contribution is 2.40. The molecule has 4 aromatic carbocycles. The first-order chi connectivity index (χ1) is 17.9. The summed E-state index contributed by atoms with van der Waals surface area (Å²) in [7, 11) is -4.24. The van der Waals surface area contributed by atoms with E-state index < -0.39 is 22.1 Å². The van der Waals surface area contributed by atoms with Gasteiger partial charge in [-0.25, -0.2) is 17.9 Å². The number of hydrogen-bond donors (Lipinski definition) is 2. The number of aromatic hydroxyl groups is 1. The van der Waals surface area contributed by atoms with Crippen LogP contribution in [0.15, 0.2) is 120 Å². The first kappa shape index (κ1) is 24.4. The number of hydrogen-bond acceptors (Lipinski definition) is 4. The molecule has 2 N–H and O–H groups in total. The lowest BCUT2D eigenvalue weighted by Crippen LogP contribution is -2.42. The third-order valence-electron chi connectivity index (χ3n) is 5.92. The van der Waals surface area contributed by atoms with Crippen LogP contribution in [0, 0.1) is 0 Å². The van der Waals surface area contributed by atoms with Crippen molar-refractivity contribution in [2.45, 2.75) is 10.9 Å². The van der Waals surface area contributed by atoms with E-state index in [0.29, 0.717) is 16.3 Å². The molecule has 37 heavy (non-hydrogen) atoms. The minimum atomic E-state index is -4.24. The smallest absolute Gasteiger partial charge is 0.357 e. The molecular weight excluding hydrogens is 510 g/mol. The molecule has 5 aromatic rings. The number of sulfonamides is 1. The topological polar surface area (TPSA) is 93.3 Å². The van der Waals surface area contributed by atoms with Crippen molar-refractivity contribution in [2.24, 2.45) is 0 Å². The Bertz CT molecular complexity index is 1590. The normalized spacial score (nSPS) is 11.5. The van der Waals surface area contributed by atoms with E-state index in [1.165, 1.54) is 24.3 Å². The molecule has 0 radical (unpaired) electrons. The quantitative estimate of drug-likeness (QED) is 0.285. The maximum absolute atomic E-state index is 13.4. The average Bonchev–Trinajstić information content (AvgIpc) is 2.90. The van der Waals surface area contributed by atoms with E-state index >= 15 is 0 Å². The van der Waals surface area contributed by atoms with Crippen LogP contribution in [0.2, 0.25) is 5.02 Å². The monoisotopic (exact) mass is 531 g/mol. The van der Waals surface area contributed by atoms with Crippen LogP contribution in [0.5, 0.6) is 5.88 Å². The molecule has 7 nitrogen and oxygen atoms in total. The van der Waals surface area contributed by atoms with Crippen molar-refractivity contribution in [3.8, 4) is 17.1 Å². The molecule has 0 fully saturated rings. The summed E-state index contributed by atoms with van der Waals surface area (Å²) in [5.41, 5.74) is 2.74. The van der Waals surface area contributed by atoms with E-state index in [1.807, 2.05) is 91.0 Å². The summed E-state index contributed by atoms with van der Waals surface area (Å²) in [6.45, 7) is 0. The fraction of sp³-hybridized carbons (Fsp3) is 0.0357. The number of carbonyl (C=O) groups excluding carboxylic acids is 1. The van der Waals surface area contributed by atoms with Gasteiger partial charge >= 0.3 is 6.03 Å². The summed E-state index contributed by atoms with van der Waals surface area (Å²) in [5, 5.41) is 11.5. The molecule has 0 atom stereocenters. The number of nitrogens with zero attached hydrogens (tertiary/aromatic N) is 2. The largest absolute Gasteiger partial charge is 0.492 e. The summed E-state index contributed by atoms with van der Waals surface area (Å²) >= 11 is 5.88. The number of carbonyl (C=O) groups is 1. The SMILES string of the molecule is O=C(NS(=O)(=O)c1ccc(Cl)cc1)n1c(O)c(-c2ccccc2)n1C(c1ccccc1)c1ccccc1. The maximum Gasteiger partial charge on any atom is 0.357 e. The van der Waals surface area contributed by atoms with Crippen molar-refractivity contribution in [2.75, 3.05) is 0 Å². The average molecular weight is 532 g/mol. The molecule has 0 spiro atoms. The lowest BCUT2D eigenvalue weighted by atomic mass is 9.97. The third kappa shape index (κ3) is 4.76. The first-order valence-electron chi connectivity index (χ1n) is 11.4. The van der Waals surface area contributed by atoms with Gasteiger partial charge < -0.3 is 5.11 Å². The van der Waals surface area contributed by atoms with E-state index in [9.17, 15) is 18.3 Å². The van der Waals surface area contributed by atoms with E-state index in [4.69, 9.17) is 11.6 Å². The summed E-state index contributed by atoms with van der Waals surface area (Å²) in [6.07, 6.45) is 0. The maximum atomic E-state index is 13.4. The van der Waals surface area contributed by atoms with Gasteiger partial charge in [0.2, 0.25) is 5.88 Å². The van der Waals surface area contributed by atoms with E-state index in [0.717, 1.165) is 15.8 Å². The zero-order valence-electron chi connectivity index (χ0n) is 19.4. The van der Waals surface area contributed by atoms with Gasteiger partial charge in [0.1, 0.15) is 11.7 Å². The fourth-order valence-corrected chi connectivity index (χ4v) is 5.29. The Morgan fingerprint density at radius 3 is 1.76 bits per heavy atom. The van der Waals surface area contributed by atoms with Gasteiger partial charge in [0.25, 0.3) is 10.0 Å². The predicted octanol–water partition coefficient (Wildman–Crippen LogP) is 5.90. The Morgan fingerprint density at radius 2 is 1.24 bits per heavy atom. The van der Waals surface area contributed by atoms with E-state index in [-0.39, 0.29) is 10.8 Å². The van der Waals surface area contributed by atoms with Gasteiger partial charge in [0, 0.05) is 10.6 Å². The fourth-order valence-electron chi connectivity index (χ4n) is 4.23. The van der Waals surface area contributed by atoms with Gasteiger partial charge in [-0.2, -0.15) is 4.68 Å². The lowest BCUT2D eigenvalue weighted by Gasteiger charge is -2.34. The third-order valence-corrected chi connectivity index (χ3v) is 7.51. The molecule has 0 aliphatic carbocycles. The molecule has 186 valence electrons. The molecule has 5 rings (SSSR count). The Balaban J connectivity index is 1.66. The molecule has 0 aliphatic rings. The Kier molecular flexibility index (Phi) is 6.60. The van der Waals surface area contributed by atoms with Crippen LogP contribution in [0.25, 0.3) is 11.3 Å². The molecule has 0 unspecified atom stereocenters. The lowest BCUT2D eigenvalue weighted by molar-refractivity contribution is 0.227.